The molecule has 0 radical (unpaired) electrons. The maximum Gasteiger partial charge on any atom is 0.191 e. The van der Waals surface area contributed by atoms with Gasteiger partial charge in [-0.3, -0.25) is 9.98 Å². The molecule has 1 aliphatic heterocycles. The van der Waals surface area contributed by atoms with Crippen LogP contribution in [0.3, 0.4) is 0 Å². The molecule has 1 aromatic rings. The van der Waals surface area contributed by atoms with Gasteiger partial charge < -0.3 is 0 Å². The molecule has 0 spiro atoms. The molecule has 2 rings (SSSR count). The van der Waals surface area contributed by atoms with E-state index in [-0.39, 0.29) is 5.92 Å². The van der Waals surface area contributed by atoms with Crippen LogP contribution in [-0.2, 0) is 5.66 Å². The second-order valence-electron chi connectivity index (χ2n) is 4.46. The van der Waals surface area contributed by atoms with Gasteiger partial charge in [-0.2, -0.15) is 10.5 Å². The standard InChI is InChI=1S/C15H14N4/c1-12(10-17)15(13-6-3-2-4-7-13)18-11-14(19-15)8-5-9-16/h2-4,6-7,11-12H,5,8H2,1H3. The summed E-state index contributed by atoms with van der Waals surface area (Å²) in [6.07, 6.45) is 2.68. The topological polar surface area (TPSA) is 72.3 Å². The highest BCUT2D eigenvalue weighted by Crippen LogP contribution is 2.38. The summed E-state index contributed by atoms with van der Waals surface area (Å²) in [6, 6.07) is 14.0. The SMILES string of the molecule is CC(C#N)C1(c2ccccc2)N=CC(CCC#N)=N1. The summed E-state index contributed by atoms with van der Waals surface area (Å²) in [7, 11) is 0. The fourth-order valence-electron chi connectivity index (χ4n) is 2.13. The van der Waals surface area contributed by atoms with Crippen molar-refractivity contribution in [3.05, 3.63) is 35.9 Å². The molecule has 4 nitrogen and oxygen atoms in total. The Bertz CT molecular complexity index is 589. The summed E-state index contributed by atoms with van der Waals surface area (Å²) >= 11 is 0. The Morgan fingerprint density at radius 1 is 1.26 bits per heavy atom. The highest BCUT2D eigenvalue weighted by molar-refractivity contribution is 6.32. The minimum atomic E-state index is -0.846. The van der Waals surface area contributed by atoms with Crippen LogP contribution in [0.2, 0.25) is 0 Å². The molecule has 0 fully saturated rings. The fraction of sp³-hybridized carbons (Fsp3) is 0.333. The van der Waals surface area contributed by atoms with E-state index in [4.69, 9.17) is 5.26 Å². The van der Waals surface area contributed by atoms with Crippen molar-refractivity contribution in [2.75, 3.05) is 0 Å². The van der Waals surface area contributed by atoms with Crippen LogP contribution in [0, 0.1) is 28.6 Å². The van der Waals surface area contributed by atoms with Gasteiger partial charge in [-0.15, -0.1) is 0 Å². The first-order valence-electron chi connectivity index (χ1n) is 6.19. The normalized spacial score (nSPS) is 22.4. The lowest BCUT2D eigenvalue weighted by atomic mass is 9.89. The first-order valence-corrected chi connectivity index (χ1v) is 6.19. The van der Waals surface area contributed by atoms with E-state index in [0.29, 0.717) is 12.8 Å². The summed E-state index contributed by atoms with van der Waals surface area (Å²) < 4.78 is 0. The van der Waals surface area contributed by atoms with Crippen molar-refractivity contribution in [1.82, 2.24) is 0 Å². The summed E-state index contributed by atoms with van der Waals surface area (Å²) in [5, 5.41) is 17.9. The molecule has 1 aliphatic rings. The molecule has 2 unspecified atom stereocenters. The average molecular weight is 250 g/mol. The number of hydrogen-bond acceptors (Lipinski definition) is 4. The molecule has 1 aromatic carbocycles. The number of aliphatic imine (C=N–C) groups is 2. The van der Waals surface area contributed by atoms with Gasteiger partial charge >= 0.3 is 0 Å². The van der Waals surface area contributed by atoms with E-state index in [1.165, 1.54) is 0 Å². The van der Waals surface area contributed by atoms with Gasteiger partial charge in [-0.05, 0) is 6.92 Å². The van der Waals surface area contributed by atoms with E-state index in [1.807, 2.05) is 37.3 Å². The second kappa shape index (κ2) is 5.46. The molecule has 0 N–H and O–H groups in total. The number of nitriles is 2. The predicted molar refractivity (Wildman–Crippen MR) is 73.7 cm³/mol. The van der Waals surface area contributed by atoms with Gasteiger partial charge in [0.1, 0.15) is 0 Å². The van der Waals surface area contributed by atoms with Crippen LogP contribution in [0.25, 0.3) is 0 Å². The minimum Gasteiger partial charge on any atom is -0.255 e. The molecule has 0 aromatic heterocycles. The molecular weight excluding hydrogens is 236 g/mol. The van der Waals surface area contributed by atoms with Gasteiger partial charge in [0.05, 0.1) is 23.8 Å². The van der Waals surface area contributed by atoms with Crippen molar-refractivity contribution in [2.24, 2.45) is 15.9 Å². The van der Waals surface area contributed by atoms with Crippen LogP contribution in [0.15, 0.2) is 40.3 Å². The lowest BCUT2D eigenvalue weighted by Crippen LogP contribution is -2.27. The zero-order valence-corrected chi connectivity index (χ0v) is 10.7. The van der Waals surface area contributed by atoms with Crippen LogP contribution in [0.1, 0.15) is 25.3 Å². The first kappa shape index (κ1) is 13.0. The smallest absolute Gasteiger partial charge is 0.191 e. The van der Waals surface area contributed by atoms with Crippen LogP contribution < -0.4 is 0 Å². The van der Waals surface area contributed by atoms with Crippen LogP contribution in [-0.4, -0.2) is 11.9 Å². The van der Waals surface area contributed by atoms with Gasteiger partial charge in [0.15, 0.2) is 5.66 Å². The molecule has 94 valence electrons. The Balaban J connectivity index is 2.41. The van der Waals surface area contributed by atoms with Crippen LogP contribution in [0.5, 0.6) is 0 Å². The number of rotatable bonds is 4. The van der Waals surface area contributed by atoms with E-state index in [9.17, 15) is 5.26 Å². The highest BCUT2D eigenvalue weighted by atomic mass is 15.1. The number of nitrogens with zero attached hydrogens (tertiary/aromatic N) is 4. The highest BCUT2D eigenvalue weighted by Gasteiger charge is 2.40. The van der Waals surface area contributed by atoms with Crippen molar-refractivity contribution < 1.29 is 0 Å². The van der Waals surface area contributed by atoms with E-state index in [2.05, 4.69) is 22.1 Å². The van der Waals surface area contributed by atoms with Gasteiger partial charge in [-0.25, -0.2) is 0 Å². The maximum atomic E-state index is 9.24. The summed E-state index contributed by atoms with van der Waals surface area (Å²) in [6.45, 7) is 1.82. The summed E-state index contributed by atoms with van der Waals surface area (Å²) in [4.78, 5) is 9.10. The average Bonchev–Trinajstić information content (AvgIpc) is 2.90. The van der Waals surface area contributed by atoms with Crippen LogP contribution >= 0.6 is 0 Å². The lowest BCUT2D eigenvalue weighted by Gasteiger charge is -2.26. The summed E-state index contributed by atoms with van der Waals surface area (Å²) in [5.74, 6) is -0.356. The van der Waals surface area contributed by atoms with Gasteiger partial charge in [0.2, 0.25) is 0 Å². The van der Waals surface area contributed by atoms with Gasteiger partial charge in [0, 0.05) is 24.6 Å². The molecule has 0 saturated carbocycles. The molecule has 0 amide bonds. The molecule has 2 atom stereocenters. The Morgan fingerprint density at radius 2 is 2.00 bits per heavy atom. The van der Waals surface area contributed by atoms with E-state index in [1.54, 1.807) is 6.21 Å². The third-order valence-corrected chi connectivity index (χ3v) is 3.21. The summed E-state index contributed by atoms with van der Waals surface area (Å²) in [5.41, 5.74) is 0.848. The third kappa shape index (κ3) is 2.39. The molecule has 4 heteroatoms. The number of benzene rings is 1. The Morgan fingerprint density at radius 3 is 2.63 bits per heavy atom. The first-order chi connectivity index (χ1) is 9.23. The predicted octanol–water partition coefficient (Wildman–Crippen LogP) is 2.83. The zero-order chi connectivity index (χ0) is 13.7. The van der Waals surface area contributed by atoms with Crippen molar-refractivity contribution in [3.8, 4) is 12.1 Å². The fourth-order valence-corrected chi connectivity index (χ4v) is 2.13. The monoisotopic (exact) mass is 250 g/mol. The largest absolute Gasteiger partial charge is 0.255 e. The van der Waals surface area contributed by atoms with Crippen molar-refractivity contribution in [1.29, 1.82) is 10.5 Å². The minimum absolute atomic E-state index is 0.356. The van der Waals surface area contributed by atoms with Gasteiger partial charge in [-0.1, -0.05) is 30.3 Å². The molecular formula is C15H14N4. The Labute approximate surface area is 112 Å². The Kier molecular flexibility index (Phi) is 3.73. The van der Waals surface area contributed by atoms with Crippen LogP contribution in [0.4, 0.5) is 0 Å². The van der Waals surface area contributed by atoms with E-state index < -0.39 is 5.66 Å². The molecule has 0 bridgehead atoms. The van der Waals surface area contributed by atoms with E-state index >= 15 is 0 Å². The molecule has 1 heterocycles. The molecule has 0 aliphatic carbocycles. The quantitative estimate of drug-likeness (QED) is 0.824. The maximum absolute atomic E-state index is 9.24. The van der Waals surface area contributed by atoms with Crippen molar-refractivity contribution >= 4 is 11.9 Å². The van der Waals surface area contributed by atoms with E-state index in [0.717, 1.165) is 11.3 Å². The van der Waals surface area contributed by atoms with Crippen molar-refractivity contribution in [3.63, 3.8) is 0 Å². The zero-order valence-electron chi connectivity index (χ0n) is 10.7. The van der Waals surface area contributed by atoms with Gasteiger partial charge in [0.25, 0.3) is 0 Å². The number of hydrogen-bond donors (Lipinski definition) is 0. The molecule has 0 saturated heterocycles. The third-order valence-electron chi connectivity index (χ3n) is 3.21. The van der Waals surface area contributed by atoms with Crippen molar-refractivity contribution in [2.45, 2.75) is 25.4 Å². The lowest BCUT2D eigenvalue weighted by molar-refractivity contribution is 0.385. The Hall–Kier alpha value is -2.46. The molecule has 19 heavy (non-hydrogen) atoms. The second-order valence-corrected chi connectivity index (χ2v) is 4.46.